The molecule has 3 rings (SSSR count). The highest BCUT2D eigenvalue weighted by Crippen LogP contribution is 2.77. The first kappa shape index (κ1) is 8.76. The molecule has 0 N–H and O–H groups in total. The molecule has 0 radical (unpaired) electrons. The molecule has 0 saturated heterocycles. The molecule has 74 valence electrons. The largest absolute Gasteiger partial charge is 0.0850 e. The Morgan fingerprint density at radius 3 is 2.31 bits per heavy atom. The van der Waals surface area contributed by atoms with Gasteiger partial charge in [0.1, 0.15) is 0 Å². The minimum absolute atomic E-state index is 0.548. The van der Waals surface area contributed by atoms with Gasteiger partial charge in [-0.2, -0.15) is 0 Å². The Balaban J connectivity index is 1.96. The van der Waals surface area contributed by atoms with Crippen LogP contribution < -0.4 is 0 Å². The average molecular weight is 243 g/mol. The van der Waals surface area contributed by atoms with E-state index in [1.807, 2.05) is 0 Å². The Kier molecular flexibility index (Phi) is 1.37. The van der Waals surface area contributed by atoms with E-state index >= 15 is 0 Å². The van der Waals surface area contributed by atoms with Crippen LogP contribution in [0.3, 0.4) is 0 Å². The van der Waals surface area contributed by atoms with Crippen LogP contribution in [0.2, 0.25) is 0 Å². The fourth-order valence-corrected chi connectivity index (χ4v) is 7.31. The van der Waals surface area contributed by atoms with Gasteiger partial charge in [-0.05, 0) is 48.3 Å². The number of rotatable bonds is 0. The molecule has 0 bridgehead atoms. The lowest BCUT2D eigenvalue weighted by molar-refractivity contribution is -0.193. The van der Waals surface area contributed by atoms with Crippen LogP contribution in [-0.4, -0.2) is 4.32 Å². The summed E-state index contributed by atoms with van der Waals surface area (Å²) < 4.78 is 0.548. The standard InChI is InChI=1S/C12H19Br/c1-10(2)6-11(3)4-8-5-12(13,7-10)9(8)11/h8-9H,4-7H2,1-3H3. The molecule has 3 aliphatic carbocycles. The van der Waals surface area contributed by atoms with Gasteiger partial charge in [-0.25, -0.2) is 0 Å². The van der Waals surface area contributed by atoms with Crippen molar-refractivity contribution in [3.63, 3.8) is 0 Å². The highest BCUT2D eigenvalue weighted by molar-refractivity contribution is 9.10. The third-order valence-electron chi connectivity index (χ3n) is 4.76. The molecule has 0 aromatic carbocycles. The monoisotopic (exact) mass is 242 g/mol. The van der Waals surface area contributed by atoms with E-state index in [1.54, 1.807) is 0 Å². The van der Waals surface area contributed by atoms with Crippen LogP contribution in [0.1, 0.15) is 46.5 Å². The van der Waals surface area contributed by atoms with Gasteiger partial charge >= 0.3 is 0 Å². The van der Waals surface area contributed by atoms with Crippen LogP contribution in [0.25, 0.3) is 0 Å². The first-order valence-electron chi connectivity index (χ1n) is 5.54. The highest BCUT2D eigenvalue weighted by Gasteiger charge is 2.71. The third kappa shape index (κ3) is 0.926. The molecular weight excluding hydrogens is 224 g/mol. The summed E-state index contributed by atoms with van der Waals surface area (Å²) in [5, 5.41) is 0. The lowest BCUT2D eigenvalue weighted by atomic mass is 9.34. The van der Waals surface area contributed by atoms with Crippen molar-refractivity contribution >= 4 is 15.9 Å². The molecule has 1 heteroatoms. The summed E-state index contributed by atoms with van der Waals surface area (Å²) in [6.07, 6.45) is 5.82. The molecular formula is C12H19Br. The van der Waals surface area contributed by atoms with Crippen molar-refractivity contribution in [2.24, 2.45) is 22.7 Å². The lowest BCUT2D eigenvalue weighted by Gasteiger charge is -2.74. The molecule has 0 amide bonds. The maximum absolute atomic E-state index is 4.03. The number of hydrogen-bond acceptors (Lipinski definition) is 0. The van der Waals surface area contributed by atoms with Crippen molar-refractivity contribution in [2.45, 2.75) is 50.8 Å². The van der Waals surface area contributed by atoms with Crippen LogP contribution in [0.5, 0.6) is 0 Å². The van der Waals surface area contributed by atoms with Crippen LogP contribution in [0.15, 0.2) is 0 Å². The average Bonchev–Trinajstić information content (AvgIpc) is 1.75. The summed E-state index contributed by atoms with van der Waals surface area (Å²) in [6, 6.07) is 0. The van der Waals surface area contributed by atoms with Crippen molar-refractivity contribution in [3.8, 4) is 0 Å². The summed E-state index contributed by atoms with van der Waals surface area (Å²) in [4.78, 5) is 0. The van der Waals surface area contributed by atoms with Gasteiger partial charge < -0.3 is 0 Å². The Morgan fingerprint density at radius 2 is 1.77 bits per heavy atom. The summed E-state index contributed by atoms with van der Waals surface area (Å²) in [5.41, 5.74) is 1.26. The van der Waals surface area contributed by atoms with E-state index in [-0.39, 0.29) is 0 Å². The van der Waals surface area contributed by atoms with Gasteiger partial charge in [0.2, 0.25) is 0 Å². The lowest BCUT2D eigenvalue weighted by Crippen LogP contribution is -2.70. The van der Waals surface area contributed by atoms with Gasteiger partial charge in [-0.3, -0.25) is 0 Å². The minimum Gasteiger partial charge on any atom is -0.0850 e. The molecule has 4 atom stereocenters. The van der Waals surface area contributed by atoms with Gasteiger partial charge in [-0.1, -0.05) is 36.7 Å². The van der Waals surface area contributed by atoms with Gasteiger partial charge in [0.15, 0.2) is 0 Å². The number of alkyl halides is 1. The summed E-state index contributed by atoms with van der Waals surface area (Å²) in [7, 11) is 0. The molecule has 4 unspecified atom stereocenters. The van der Waals surface area contributed by atoms with Crippen LogP contribution in [0, 0.1) is 22.7 Å². The quantitative estimate of drug-likeness (QED) is 0.564. The summed E-state index contributed by atoms with van der Waals surface area (Å²) in [6.45, 7) is 7.41. The molecule has 0 nitrogen and oxygen atoms in total. The van der Waals surface area contributed by atoms with E-state index in [0.29, 0.717) is 15.2 Å². The summed E-state index contributed by atoms with van der Waals surface area (Å²) in [5.74, 6) is 2.11. The molecule has 0 heterocycles. The zero-order chi connectivity index (χ0) is 9.48. The topological polar surface area (TPSA) is 0 Å². The minimum atomic E-state index is 0.548. The predicted molar refractivity (Wildman–Crippen MR) is 59.0 cm³/mol. The van der Waals surface area contributed by atoms with Crippen molar-refractivity contribution in [2.75, 3.05) is 0 Å². The Morgan fingerprint density at radius 1 is 1.08 bits per heavy atom. The summed E-state index contributed by atoms with van der Waals surface area (Å²) >= 11 is 4.03. The molecule has 0 aliphatic heterocycles. The first-order chi connectivity index (χ1) is 5.85. The Labute approximate surface area is 89.6 Å². The van der Waals surface area contributed by atoms with Crippen molar-refractivity contribution in [1.82, 2.24) is 0 Å². The SMILES string of the molecule is CC1(C)CC2(C)CC3CC(Br)(C1)C32. The van der Waals surface area contributed by atoms with Gasteiger partial charge in [0, 0.05) is 4.32 Å². The van der Waals surface area contributed by atoms with Gasteiger partial charge in [0.25, 0.3) is 0 Å². The normalized spacial score (nSPS) is 61.8. The van der Waals surface area contributed by atoms with Crippen LogP contribution in [0.4, 0.5) is 0 Å². The molecule has 3 aliphatic rings. The van der Waals surface area contributed by atoms with Gasteiger partial charge in [0.05, 0.1) is 0 Å². The maximum atomic E-state index is 4.03. The zero-order valence-electron chi connectivity index (χ0n) is 8.86. The van der Waals surface area contributed by atoms with Crippen molar-refractivity contribution in [3.05, 3.63) is 0 Å². The van der Waals surface area contributed by atoms with Crippen LogP contribution in [-0.2, 0) is 0 Å². The van der Waals surface area contributed by atoms with E-state index in [0.717, 1.165) is 11.8 Å². The second-order valence-electron chi connectivity index (χ2n) is 6.85. The van der Waals surface area contributed by atoms with E-state index in [2.05, 4.69) is 36.7 Å². The fraction of sp³-hybridized carbons (Fsp3) is 1.00. The highest BCUT2D eigenvalue weighted by atomic mass is 79.9. The first-order valence-corrected chi connectivity index (χ1v) is 6.33. The second-order valence-corrected chi connectivity index (χ2v) is 8.43. The Bertz CT molecular complexity index is 246. The molecule has 0 spiro atoms. The molecule has 3 saturated carbocycles. The van der Waals surface area contributed by atoms with E-state index < -0.39 is 0 Å². The molecule has 3 fully saturated rings. The Hall–Kier alpha value is 0.480. The van der Waals surface area contributed by atoms with E-state index in [4.69, 9.17) is 0 Å². The molecule has 0 aromatic heterocycles. The van der Waals surface area contributed by atoms with E-state index in [9.17, 15) is 0 Å². The van der Waals surface area contributed by atoms with E-state index in [1.165, 1.54) is 25.7 Å². The molecule has 0 aromatic rings. The zero-order valence-corrected chi connectivity index (χ0v) is 10.4. The van der Waals surface area contributed by atoms with Gasteiger partial charge in [-0.15, -0.1) is 0 Å². The van der Waals surface area contributed by atoms with Crippen molar-refractivity contribution < 1.29 is 0 Å². The number of hydrogen-bond donors (Lipinski definition) is 0. The predicted octanol–water partition coefficient (Wildman–Crippen LogP) is 3.99. The van der Waals surface area contributed by atoms with Crippen molar-refractivity contribution in [1.29, 1.82) is 0 Å². The number of halogens is 1. The maximum Gasteiger partial charge on any atom is 0.0301 e. The smallest absolute Gasteiger partial charge is 0.0301 e. The van der Waals surface area contributed by atoms with Crippen LogP contribution >= 0.6 is 15.9 Å². The molecule has 13 heavy (non-hydrogen) atoms. The second kappa shape index (κ2) is 2.03. The fourth-order valence-electron chi connectivity index (χ4n) is 5.21. The third-order valence-corrected chi connectivity index (χ3v) is 5.86.